The van der Waals surface area contributed by atoms with Crippen LogP contribution in [0.15, 0.2) is 16.6 Å². The maximum Gasteiger partial charge on any atom is 0.136 e. The van der Waals surface area contributed by atoms with Crippen molar-refractivity contribution in [3.63, 3.8) is 0 Å². The Labute approximate surface area is 116 Å². The van der Waals surface area contributed by atoms with E-state index in [-0.39, 0.29) is 0 Å². The Hall–Kier alpha value is -0.580. The predicted octanol–water partition coefficient (Wildman–Crippen LogP) is 2.34. The van der Waals surface area contributed by atoms with E-state index >= 15 is 0 Å². The van der Waals surface area contributed by atoms with Gasteiger partial charge in [0.05, 0.1) is 11.1 Å². The maximum absolute atomic E-state index is 5.80. The zero-order chi connectivity index (χ0) is 12.7. The van der Waals surface area contributed by atoms with Crippen LogP contribution in [0.5, 0.6) is 5.75 Å². The molecule has 0 spiro atoms. The Balaban J connectivity index is 1.91. The number of halogens is 1. The second-order valence-electron chi connectivity index (χ2n) is 5.38. The quantitative estimate of drug-likeness (QED) is 0.911. The number of hydrogen-bond acceptors (Lipinski definition) is 3. The number of nitrogens with two attached hydrogens (primary N) is 1. The Morgan fingerprint density at radius 1 is 1.50 bits per heavy atom. The van der Waals surface area contributed by atoms with Gasteiger partial charge in [0.2, 0.25) is 0 Å². The molecule has 1 saturated heterocycles. The molecule has 0 bridgehead atoms. The summed E-state index contributed by atoms with van der Waals surface area (Å²) in [6, 6.07) is 5.03. The van der Waals surface area contributed by atoms with Gasteiger partial charge in [-0.1, -0.05) is 6.07 Å². The van der Waals surface area contributed by atoms with E-state index in [4.69, 9.17) is 10.5 Å². The molecule has 2 aliphatic rings. The fraction of sp³-hybridized carbons (Fsp3) is 0.571. The molecule has 1 fully saturated rings. The van der Waals surface area contributed by atoms with E-state index in [0.29, 0.717) is 12.0 Å². The Bertz CT molecular complexity index is 463. The third kappa shape index (κ3) is 2.06. The lowest BCUT2D eigenvalue weighted by atomic mass is 9.98. The molecule has 2 aliphatic heterocycles. The molecule has 1 aromatic carbocycles. The third-order valence-electron chi connectivity index (χ3n) is 4.11. The number of rotatable bonds is 2. The average molecular weight is 311 g/mol. The van der Waals surface area contributed by atoms with Crippen LogP contribution in [0, 0.1) is 5.92 Å². The van der Waals surface area contributed by atoms with Crippen molar-refractivity contribution in [3.05, 3.63) is 27.7 Å². The average Bonchev–Trinajstić information content (AvgIpc) is 2.95. The van der Waals surface area contributed by atoms with Gasteiger partial charge in [0.1, 0.15) is 5.75 Å². The van der Waals surface area contributed by atoms with E-state index in [1.54, 1.807) is 0 Å². The topological polar surface area (TPSA) is 38.5 Å². The number of fused-ring (bicyclic) bond motifs is 1. The summed E-state index contributed by atoms with van der Waals surface area (Å²) in [5.41, 5.74) is 8.53. The van der Waals surface area contributed by atoms with E-state index < -0.39 is 0 Å². The molecule has 2 atom stereocenters. The van der Waals surface area contributed by atoms with Gasteiger partial charge in [-0.15, -0.1) is 0 Å². The van der Waals surface area contributed by atoms with Crippen molar-refractivity contribution >= 4 is 15.9 Å². The minimum Gasteiger partial charge on any atom is -0.492 e. The molecule has 0 aliphatic carbocycles. The van der Waals surface area contributed by atoms with Crippen LogP contribution in [-0.4, -0.2) is 31.6 Å². The van der Waals surface area contributed by atoms with Crippen LogP contribution in [0.3, 0.4) is 0 Å². The summed E-state index contributed by atoms with van der Waals surface area (Å²) < 4.78 is 6.73. The number of likely N-dealkylation sites (tertiary alicyclic amines) is 1. The normalized spacial score (nSPS) is 27.3. The van der Waals surface area contributed by atoms with Crippen molar-refractivity contribution in [2.75, 3.05) is 26.7 Å². The van der Waals surface area contributed by atoms with Gasteiger partial charge in [-0.05, 0) is 59.1 Å². The van der Waals surface area contributed by atoms with Crippen LogP contribution in [-0.2, 0) is 6.42 Å². The fourth-order valence-electron chi connectivity index (χ4n) is 3.14. The van der Waals surface area contributed by atoms with Crippen LogP contribution in [0.4, 0.5) is 0 Å². The standard InChI is InChI=1S/C14H19BrN2O/c1-17-8-9(7-16)4-13(17)11-5-10-2-3-18-14(10)12(15)6-11/h5-6,9,13H,2-4,7-8,16H2,1H3. The summed E-state index contributed by atoms with van der Waals surface area (Å²) in [7, 11) is 2.19. The van der Waals surface area contributed by atoms with Gasteiger partial charge >= 0.3 is 0 Å². The van der Waals surface area contributed by atoms with Crippen LogP contribution in [0.2, 0.25) is 0 Å². The Kier molecular flexibility index (Phi) is 3.34. The van der Waals surface area contributed by atoms with E-state index in [9.17, 15) is 0 Å². The highest BCUT2D eigenvalue weighted by atomic mass is 79.9. The third-order valence-corrected chi connectivity index (χ3v) is 4.70. The number of ether oxygens (including phenoxy) is 1. The van der Waals surface area contributed by atoms with Crippen molar-refractivity contribution in [2.24, 2.45) is 11.7 Å². The lowest BCUT2D eigenvalue weighted by molar-refractivity contribution is 0.313. The van der Waals surface area contributed by atoms with E-state index in [1.807, 2.05) is 0 Å². The van der Waals surface area contributed by atoms with Crippen molar-refractivity contribution in [1.29, 1.82) is 0 Å². The van der Waals surface area contributed by atoms with Crippen molar-refractivity contribution in [1.82, 2.24) is 4.90 Å². The lowest BCUT2D eigenvalue weighted by Gasteiger charge is -2.20. The molecule has 2 N–H and O–H groups in total. The predicted molar refractivity (Wildman–Crippen MR) is 75.9 cm³/mol. The van der Waals surface area contributed by atoms with E-state index in [1.165, 1.54) is 17.5 Å². The fourth-order valence-corrected chi connectivity index (χ4v) is 3.78. The first-order valence-electron chi connectivity index (χ1n) is 6.54. The summed E-state index contributed by atoms with van der Waals surface area (Å²) in [5, 5.41) is 0. The molecule has 18 heavy (non-hydrogen) atoms. The zero-order valence-electron chi connectivity index (χ0n) is 10.7. The minimum atomic E-state index is 0.501. The second-order valence-corrected chi connectivity index (χ2v) is 6.24. The molecule has 3 rings (SSSR count). The summed E-state index contributed by atoms with van der Waals surface area (Å²) in [6.07, 6.45) is 2.19. The first-order valence-corrected chi connectivity index (χ1v) is 7.33. The van der Waals surface area contributed by atoms with E-state index in [0.717, 1.165) is 36.3 Å². The molecule has 1 aromatic rings. The number of benzene rings is 1. The molecule has 3 nitrogen and oxygen atoms in total. The smallest absolute Gasteiger partial charge is 0.136 e. The van der Waals surface area contributed by atoms with Gasteiger partial charge in [0.15, 0.2) is 0 Å². The molecule has 4 heteroatoms. The molecular weight excluding hydrogens is 292 g/mol. The van der Waals surface area contributed by atoms with Gasteiger partial charge in [-0.3, -0.25) is 4.90 Å². The highest BCUT2D eigenvalue weighted by Crippen LogP contribution is 2.40. The number of nitrogens with zero attached hydrogens (tertiary/aromatic N) is 1. The highest BCUT2D eigenvalue weighted by molar-refractivity contribution is 9.10. The molecule has 98 valence electrons. The van der Waals surface area contributed by atoms with Crippen LogP contribution < -0.4 is 10.5 Å². The monoisotopic (exact) mass is 310 g/mol. The van der Waals surface area contributed by atoms with Crippen molar-refractivity contribution in [2.45, 2.75) is 18.9 Å². The Morgan fingerprint density at radius 3 is 3.06 bits per heavy atom. The second kappa shape index (κ2) is 4.83. The first kappa shape index (κ1) is 12.5. The molecule has 0 saturated carbocycles. The van der Waals surface area contributed by atoms with Crippen molar-refractivity contribution in [3.8, 4) is 5.75 Å². The van der Waals surface area contributed by atoms with Gasteiger partial charge in [-0.2, -0.15) is 0 Å². The Morgan fingerprint density at radius 2 is 2.33 bits per heavy atom. The SMILES string of the molecule is CN1CC(CN)CC1c1cc(Br)c2c(c1)CCO2. The summed E-state index contributed by atoms with van der Waals surface area (Å²) in [5.74, 6) is 1.66. The van der Waals surface area contributed by atoms with Gasteiger partial charge in [0.25, 0.3) is 0 Å². The van der Waals surface area contributed by atoms with Gasteiger partial charge < -0.3 is 10.5 Å². The summed E-state index contributed by atoms with van der Waals surface area (Å²) in [6.45, 7) is 2.70. The lowest BCUT2D eigenvalue weighted by Crippen LogP contribution is -2.20. The van der Waals surface area contributed by atoms with Crippen LogP contribution in [0.1, 0.15) is 23.6 Å². The molecule has 2 unspecified atom stereocenters. The molecule has 0 amide bonds. The summed E-state index contributed by atoms with van der Waals surface area (Å²) >= 11 is 3.63. The molecule has 0 aromatic heterocycles. The minimum absolute atomic E-state index is 0.501. The van der Waals surface area contributed by atoms with E-state index in [2.05, 4.69) is 40.0 Å². The van der Waals surface area contributed by atoms with Crippen LogP contribution >= 0.6 is 15.9 Å². The maximum atomic E-state index is 5.80. The number of hydrogen-bond donors (Lipinski definition) is 1. The van der Waals surface area contributed by atoms with Crippen molar-refractivity contribution < 1.29 is 4.74 Å². The van der Waals surface area contributed by atoms with Crippen LogP contribution in [0.25, 0.3) is 0 Å². The molecular formula is C14H19BrN2O. The first-order chi connectivity index (χ1) is 8.69. The highest BCUT2D eigenvalue weighted by Gasteiger charge is 2.31. The molecule has 0 radical (unpaired) electrons. The zero-order valence-corrected chi connectivity index (χ0v) is 12.2. The van der Waals surface area contributed by atoms with Gasteiger partial charge in [0, 0.05) is 19.0 Å². The molecule has 2 heterocycles. The largest absolute Gasteiger partial charge is 0.492 e. The van der Waals surface area contributed by atoms with Gasteiger partial charge in [-0.25, -0.2) is 0 Å². The summed E-state index contributed by atoms with van der Waals surface area (Å²) in [4.78, 5) is 2.42.